The molecule has 13 heteroatoms. The summed E-state index contributed by atoms with van der Waals surface area (Å²) < 4.78 is 61.8. The van der Waals surface area contributed by atoms with Gasteiger partial charge in [0.2, 0.25) is 26.0 Å². The van der Waals surface area contributed by atoms with Gasteiger partial charge in [-0.2, -0.15) is 8.61 Å². The number of thiophene rings is 1. The zero-order valence-electron chi connectivity index (χ0n) is 22.5. The second-order valence-corrected chi connectivity index (χ2v) is 14.7. The SMILES string of the molecule is CCOC(=O)c1c(NC(=O)[C@@H]2CN(S(=O)(=O)c3ccccc3)CCN2S(=O)(=O)c2ccccc2)sc2c1CCCC2. The van der Waals surface area contributed by atoms with Gasteiger partial charge in [0.05, 0.1) is 22.0 Å². The second-order valence-electron chi connectivity index (χ2n) is 9.75. The molecule has 0 spiro atoms. The van der Waals surface area contributed by atoms with Gasteiger partial charge in [-0.05, 0) is 62.4 Å². The molecule has 1 atom stereocenters. The van der Waals surface area contributed by atoms with Crippen LogP contribution in [0.1, 0.15) is 40.6 Å². The van der Waals surface area contributed by atoms with Gasteiger partial charge in [0.1, 0.15) is 11.0 Å². The number of hydrogen-bond donors (Lipinski definition) is 1. The van der Waals surface area contributed by atoms with Crippen LogP contribution in [0.2, 0.25) is 0 Å². The fourth-order valence-electron chi connectivity index (χ4n) is 5.20. The third-order valence-electron chi connectivity index (χ3n) is 7.22. The zero-order valence-corrected chi connectivity index (χ0v) is 24.9. The fourth-order valence-corrected chi connectivity index (χ4v) is 9.53. The van der Waals surface area contributed by atoms with Gasteiger partial charge >= 0.3 is 5.97 Å². The molecule has 1 aliphatic heterocycles. The summed E-state index contributed by atoms with van der Waals surface area (Å²) in [6, 6.07) is 14.1. The number of amides is 1. The number of ether oxygens (including phenoxy) is 1. The number of carbonyl (C=O) groups is 2. The largest absolute Gasteiger partial charge is 0.462 e. The first-order valence-electron chi connectivity index (χ1n) is 13.4. The van der Waals surface area contributed by atoms with Gasteiger partial charge in [0, 0.05) is 24.5 Å². The first-order chi connectivity index (χ1) is 19.6. The van der Waals surface area contributed by atoms with Crippen LogP contribution in [0.25, 0.3) is 0 Å². The van der Waals surface area contributed by atoms with E-state index >= 15 is 0 Å². The smallest absolute Gasteiger partial charge is 0.341 e. The summed E-state index contributed by atoms with van der Waals surface area (Å²) >= 11 is 1.28. The minimum atomic E-state index is -4.16. The molecule has 5 rings (SSSR count). The molecule has 1 aromatic heterocycles. The maximum Gasteiger partial charge on any atom is 0.341 e. The number of rotatable bonds is 8. The van der Waals surface area contributed by atoms with Crippen LogP contribution in [-0.2, 0) is 42.4 Å². The Morgan fingerprint density at radius 2 is 1.51 bits per heavy atom. The molecule has 1 saturated heterocycles. The van der Waals surface area contributed by atoms with Gasteiger partial charge < -0.3 is 10.1 Å². The average molecular weight is 618 g/mol. The molecule has 1 N–H and O–H groups in total. The highest BCUT2D eigenvalue weighted by Gasteiger charge is 2.44. The highest BCUT2D eigenvalue weighted by molar-refractivity contribution is 7.89. The van der Waals surface area contributed by atoms with E-state index in [9.17, 15) is 26.4 Å². The summed E-state index contributed by atoms with van der Waals surface area (Å²) in [4.78, 5) is 27.9. The number of anilines is 1. The molecule has 0 bridgehead atoms. The summed E-state index contributed by atoms with van der Waals surface area (Å²) in [6.45, 7) is 1.11. The molecule has 1 amide bonds. The standard InChI is InChI=1S/C28H31N3O7S3/c1-2-38-28(33)25-22-15-9-10-16-24(22)39-27(25)29-26(32)23-19-30(40(34,35)20-11-5-3-6-12-20)17-18-31(23)41(36,37)21-13-7-4-8-14-21/h3-8,11-14,23H,2,9-10,15-19H2,1H3,(H,29,32)/t23-/m0/s1. The predicted octanol–water partition coefficient (Wildman–Crippen LogP) is 3.51. The van der Waals surface area contributed by atoms with E-state index < -0.39 is 44.5 Å². The van der Waals surface area contributed by atoms with E-state index in [0.29, 0.717) is 17.0 Å². The van der Waals surface area contributed by atoms with Crippen molar-refractivity contribution in [1.29, 1.82) is 0 Å². The Bertz CT molecular complexity index is 1640. The van der Waals surface area contributed by atoms with Crippen molar-refractivity contribution < 1.29 is 31.2 Å². The molecule has 41 heavy (non-hydrogen) atoms. The molecule has 0 saturated carbocycles. The van der Waals surface area contributed by atoms with Crippen LogP contribution in [-0.4, -0.2) is 69.6 Å². The Balaban J connectivity index is 1.52. The average Bonchev–Trinajstić information content (AvgIpc) is 3.35. The molecular formula is C28H31N3O7S3. The van der Waals surface area contributed by atoms with Gasteiger partial charge in [0.25, 0.3) is 0 Å². The van der Waals surface area contributed by atoms with E-state index in [4.69, 9.17) is 4.74 Å². The van der Waals surface area contributed by atoms with Gasteiger partial charge in [-0.1, -0.05) is 36.4 Å². The Hall–Kier alpha value is -3.10. The number of esters is 1. The molecule has 3 aromatic rings. The van der Waals surface area contributed by atoms with Crippen LogP contribution in [0.15, 0.2) is 70.5 Å². The third kappa shape index (κ3) is 5.82. The minimum absolute atomic E-state index is 0.00373. The van der Waals surface area contributed by atoms with Crippen LogP contribution < -0.4 is 5.32 Å². The predicted molar refractivity (Wildman–Crippen MR) is 155 cm³/mol. The van der Waals surface area contributed by atoms with E-state index in [0.717, 1.165) is 38.3 Å². The number of nitrogens with zero attached hydrogens (tertiary/aromatic N) is 2. The number of piperazine rings is 1. The lowest BCUT2D eigenvalue weighted by molar-refractivity contribution is -0.120. The number of hydrogen-bond acceptors (Lipinski definition) is 8. The molecule has 2 heterocycles. The summed E-state index contributed by atoms with van der Waals surface area (Å²) in [5, 5.41) is 3.09. The fraction of sp³-hybridized carbons (Fsp3) is 0.357. The molecule has 2 aliphatic rings. The topological polar surface area (TPSA) is 130 Å². The van der Waals surface area contributed by atoms with Gasteiger partial charge in [-0.25, -0.2) is 21.6 Å². The van der Waals surface area contributed by atoms with E-state index in [1.54, 1.807) is 43.3 Å². The maximum atomic E-state index is 13.9. The van der Waals surface area contributed by atoms with E-state index in [2.05, 4.69) is 5.32 Å². The number of sulfonamides is 2. The number of carbonyl (C=O) groups excluding carboxylic acids is 2. The van der Waals surface area contributed by atoms with Crippen molar-refractivity contribution in [1.82, 2.24) is 8.61 Å². The number of aryl methyl sites for hydroxylation is 1. The number of nitrogens with one attached hydrogen (secondary N) is 1. The van der Waals surface area contributed by atoms with E-state index in [1.807, 2.05) is 0 Å². The van der Waals surface area contributed by atoms with Gasteiger partial charge in [0.15, 0.2) is 0 Å². The lowest BCUT2D eigenvalue weighted by Gasteiger charge is -2.38. The Labute approximate surface area is 244 Å². The van der Waals surface area contributed by atoms with Gasteiger partial charge in [-0.15, -0.1) is 11.3 Å². The van der Waals surface area contributed by atoms with Crippen LogP contribution >= 0.6 is 11.3 Å². The normalized spacial score (nSPS) is 18.4. The molecular weight excluding hydrogens is 587 g/mol. The van der Waals surface area contributed by atoms with Crippen LogP contribution in [0.3, 0.4) is 0 Å². The quantitative estimate of drug-likeness (QED) is 0.383. The Kier molecular flexibility index (Phi) is 8.62. The van der Waals surface area contributed by atoms with E-state index in [-0.39, 0.29) is 29.5 Å². The van der Waals surface area contributed by atoms with Crippen molar-refractivity contribution in [3.05, 3.63) is 76.7 Å². The lowest BCUT2D eigenvalue weighted by Crippen LogP contribution is -2.60. The molecule has 10 nitrogen and oxygen atoms in total. The van der Waals surface area contributed by atoms with Crippen molar-refractivity contribution in [3.8, 4) is 0 Å². The van der Waals surface area contributed by atoms with Crippen LogP contribution in [0, 0.1) is 0 Å². The van der Waals surface area contributed by atoms with Crippen LogP contribution in [0.5, 0.6) is 0 Å². The Morgan fingerprint density at radius 1 is 0.902 bits per heavy atom. The third-order valence-corrected chi connectivity index (χ3v) is 12.2. The highest BCUT2D eigenvalue weighted by Crippen LogP contribution is 2.39. The van der Waals surface area contributed by atoms with Crippen molar-refractivity contribution in [2.24, 2.45) is 0 Å². The minimum Gasteiger partial charge on any atom is -0.462 e. The van der Waals surface area contributed by atoms with E-state index in [1.165, 1.54) is 35.6 Å². The number of fused-ring (bicyclic) bond motifs is 1. The first kappa shape index (κ1) is 29.4. The monoisotopic (exact) mass is 617 g/mol. The molecule has 1 fully saturated rings. The zero-order chi connectivity index (χ0) is 29.2. The molecule has 0 radical (unpaired) electrons. The maximum absolute atomic E-state index is 13.9. The summed E-state index contributed by atoms with van der Waals surface area (Å²) in [6.07, 6.45) is 3.31. The highest BCUT2D eigenvalue weighted by atomic mass is 32.2. The molecule has 0 unspecified atom stereocenters. The van der Waals surface area contributed by atoms with Crippen molar-refractivity contribution in [3.63, 3.8) is 0 Å². The lowest BCUT2D eigenvalue weighted by atomic mass is 9.95. The van der Waals surface area contributed by atoms with Crippen molar-refractivity contribution in [2.45, 2.75) is 48.4 Å². The van der Waals surface area contributed by atoms with Crippen molar-refractivity contribution >= 4 is 48.3 Å². The second kappa shape index (κ2) is 12.0. The molecule has 2 aromatic carbocycles. The van der Waals surface area contributed by atoms with Crippen molar-refractivity contribution in [2.75, 3.05) is 31.6 Å². The molecule has 1 aliphatic carbocycles. The number of benzene rings is 2. The van der Waals surface area contributed by atoms with Crippen LogP contribution in [0.4, 0.5) is 5.00 Å². The summed E-state index contributed by atoms with van der Waals surface area (Å²) in [5.41, 5.74) is 1.14. The molecule has 218 valence electrons. The Morgan fingerprint density at radius 3 is 2.15 bits per heavy atom. The summed E-state index contributed by atoms with van der Waals surface area (Å²) in [5.74, 6) is -1.27. The van der Waals surface area contributed by atoms with Gasteiger partial charge in [-0.3, -0.25) is 4.79 Å². The first-order valence-corrected chi connectivity index (χ1v) is 17.1. The summed E-state index contributed by atoms with van der Waals surface area (Å²) in [7, 11) is -8.16.